The first kappa shape index (κ1) is 20.2. The monoisotopic (exact) mass is 424 g/mol. The number of thiazole rings is 1. The maximum atomic E-state index is 13.2. The number of methoxy groups -OCH3 is 2. The Morgan fingerprint density at radius 2 is 1.93 bits per heavy atom. The van der Waals surface area contributed by atoms with Crippen LogP contribution in [0.25, 0.3) is 0 Å². The van der Waals surface area contributed by atoms with E-state index in [2.05, 4.69) is 4.98 Å². The van der Waals surface area contributed by atoms with Gasteiger partial charge in [-0.3, -0.25) is 4.79 Å². The highest BCUT2D eigenvalue weighted by Gasteiger charge is 2.32. The normalized spacial score (nSPS) is 15.8. The molecule has 1 aromatic heterocycles. The summed E-state index contributed by atoms with van der Waals surface area (Å²) in [6, 6.07) is 13.1. The van der Waals surface area contributed by atoms with Crippen LogP contribution < -0.4 is 14.2 Å². The van der Waals surface area contributed by atoms with E-state index in [1.165, 1.54) is 0 Å². The van der Waals surface area contributed by atoms with Gasteiger partial charge in [-0.25, -0.2) is 4.98 Å². The van der Waals surface area contributed by atoms with Crippen molar-refractivity contribution >= 4 is 17.2 Å². The highest BCUT2D eigenvalue weighted by molar-refractivity contribution is 7.07. The predicted octanol–water partition coefficient (Wildman–Crippen LogP) is 4.72. The first-order valence-corrected chi connectivity index (χ1v) is 10.8. The Hall–Kier alpha value is -3.06. The third-order valence-corrected chi connectivity index (χ3v) is 5.92. The maximum absolute atomic E-state index is 13.2. The second kappa shape index (κ2) is 9.17. The highest BCUT2D eigenvalue weighted by atomic mass is 32.1. The Morgan fingerprint density at radius 3 is 2.63 bits per heavy atom. The number of carbonyl (C=O) groups is 1. The fraction of sp³-hybridized carbons (Fsp3) is 0.304. The smallest absolute Gasteiger partial charge is 0.254 e. The van der Waals surface area contributed by atoms with Crippen LogP contribution in [0.3, 0.4) is 0 Å². The standard InChI is InChI=1S/C23H24N2O4S/c1-27-19-9-10-20(22(12-19)28-2)21-4-3-11-25(21)23(26)16-5-7-18(8-6-16)29-13-17-14-30-15-24-17/h5-10,12,14-15,21H,3-4,11,13H2,1-2H3. The van der Waals surface area contributed by atoms with E-state index in [0.717, 1.165) is 42.1 Å². The fourth-order valence-corrected chi connectivity index (χ4v) is 4.30. The minimum atomic E-state index is -0.0149. The van der Waals surface area contributed by atoms with Gasteiger partial charge < -0.3 is 19.1 Å². The van der Waals surface area contributed by atoms with Gasteiger partial charge in [0, 0.05) is 29.1 Å². The molecule has 1 saturated heterocycles. The molecule has 2 aromatic carbocycles. The summed E-state index contributed by atoms with van der Waals surface area (Å²) >= 11 is 1.54. The quantitative estimate of drug-likeness (QED) is 0.549. The van der Waals surface area contributed by atoms with Crippen molar-refractivity contribution in [3.05, 3.63) is 70.2 Å². The number of amides is 1. The molecule has 30 heavy (non-hydrogen) atoms. The van der Waals surface area contributed by atoms with E-state index in [4.69, 9.17) is 14.2 Å². The molecule has 3 aromatic rings. The van der Waals surface area contributed by atoms with Crippen molar-refractivity contribution in [2.24, 2.45) is 0 Å². The summed E-state index contributed by atoms with van der Waals surface area (Å²) in [7, 11) is 3.27. The topological polar surface area (TPSA) is 60.9 Å². The molecule has 0 radical (unpaired) electrons. The fourth-order valence-electron chi connectivity index (χ4n) is 3.75. The Balaban J connectivity index is 1.48. The van der Waals surface area contributed by atoms with E-state index >= 15 is 0 Å². The second-order valence-corrected chi connectivity index (χ2v) is 7.78. The lowest BCUT2D eigenvalue weighted by Crippen LogP contribution is -2.30. The van der Waals surface area contributed by atoms with Gasteiger partial charge in [-0.05, 0) is 49.2 Å². The van der Waals surface area contributed by atoms with Crippen LogP contribution >= 0.6 is 11.3 Å². The van der Waals surface area contributed by atoms with Gasteiger partial charge in [0.1, 0.15) is 23.9 Å². The first-order valence-electron chi connectivity index (χ1n) is 9.82. The van der Waals surface area contributed by atoms with Crippen molar-refractivity contribution in [1.82, 2.24) is 9.88 Å². The average Bonchev–Trinajstić information content (AvgIpc) is 3.49. The Kier molecular flexibility index (Phi) is 6.18. The van der Waals surface area contributed by atoms with Crippen molar-refractivity contribution in [2.75, 3.05) is 20.8 Å². The largest absolute Gasteiger partial charge is 0.497 e. The van der Waals surface area contributed by atoms with Crippen molar-refractivity contribution in [2.45, 2.75) is 25.5 Å². The summed E-state index contributed by atoms with van der Waals surface area (Å²) in [6.45, 7) is 1.14. The molecule has 0 aliphatic carbocycles. The minimum Gasteiger partial charge on any atom is -0.497 e. The second-order valence-electron chi connectivity index (χ2n) is 7.06. The van der Waals surface area contributed by atoms with Crippen LogP contribution in [0.4, 0.5) is 0 Å². The average molecular weight is 425 g/mol. The zero-order valence-electron chi connectivity index (χ0n) is 17.0. The van der Waals surface area contributed by atoms with Crippen molar-refractivity contribution < 1.29 is 19.0 Å². The van der Waals surface area contributed by atoms with E-state index < -0.39 is 0 Å². The van der Waals surface area contributed by atoms with Gasteiger partial charge >= 0.3 is 0 Å². The van der Waals surface area contributed by atoms with Gasteiger partial charge in [0.2, 0.25) is 0 Å². The first-order chi connectivity index (χ1) is 14.7. The molecular weight excluding hydrogens is 400 g/mol. The van der Waals surface area contributed by atoms with Gasteiger partial charge in [-0.2, -0.15) is 0 Å². The molecule has 2 heterocycles. The van der Waals surface area contributed by atoms with E-state index in [-0.39, 0.29) is 11.9 Å². The van der Waals surface area contributed by atoms with Gasteiger partial charge in [0.05, 0.1) is 31.5 Å². The number of nitrogens with zero attached hydrogens (tertiary/aromatic N) is 2. The summed E-state index contributed by atoms with van der Waals surface area (Å²) in [6.07, 6.45) is 1.86. The third kappa shape index (κ3) is 4.26. The lowest BCUT2D eigenvalue weighted by atomic mass is 10.0. The summed E-state index contributed by atoms with van der Waals surface area (Å²) in [5.41, 5.74) is 4.33. The Bertz CT molecular complexity index is 989. The zero-order valence-corrected chi connectivity index (χ0v) is 17.9. The van der Waals surface area contributed by atoms with Gasteiger partial charge in [0.25, 0.3) is 5.91 Å². The number of benzene rings is 2. The van der Waals surface area contributed by atoms with Crippen LogP contribution in [0, 0.1) is 0 Å². The van der Waals surface area contributed by atoms with Crippen molar-refractivity contribution in [3.8, 4) is 17.2 Å². The molecule has 0 spiro atoms. The summed E-state index contributed by atoms with van der Waals surface area (Å²) in [5, 5.41) is 1.96. The van der Waals surface area contributed by atoms with Crippen molar-refractivity contribution in [1.29, 1.82) is 0 Å². The molecule has 156 valence electrons. The van der Waals surface area contributed by atoms with Crippen LogP contribution in [-0.4, -0.2) is 36.6 Å². The van der Waals surface area contributed by atoms with Gasteiger partial charge in [0.15, 0.2) is 0 Å². The molecule has 0 N–H and O–H groups in total. The molecule has 0 saturated carbocycles. The number of carbonyl (C=O) groups excluding carboxylic acids is 1. The number of ether oxygens (including phenoxy) is 3. The lowest BCUT2D eigenvalue weighted by molar-refractivity contribution is 0.0734. The van der Waals surface area contributed by atoms with Crippen LogP contribution in [0.2, 0.25) is 0 Å². The number of hydrogen-bond donors (Lipinski definition) is 0. The predicted molar refractivity (Wildman–Crippen MR) is 115 cm³/mol. The third-order valence-electron chi connectivity index (χ3n) is 5.28. The number of hydrogen-bond acceptors (Lipinski definition) is 6. The highest BCUT2D eigenvalue weighted by Crippen LogP contribution is 2.39. The van der Waals surface area contributed by atoms with E-state index in [9.17, 15) is 4.79 Å². The summed E-state index contributed by atoms with van der Waals surface area (Å²) in [4.78, 5) is 19.4. The van der Waals surface area contributed by atoms with Crippen LogP contribution in [0.5, 0.6) is 17.2 Å². The molecule has 1 unspecified atom stereocenters. The van der Waals surface area contributed by atoms with Crippen LogP contribution in [0.15, 0.2) is 53.4 Å². The van der Waals surface area contributed by atoms with Crippen LogP contribution in [-0.2, 0) is 6.61 Å². The SMILES string of the molecule is COc1ccc(C2CCCN2C(=O)c2ccc(OCc3cscn3)cc2)c(OC)c1. The van der Waals surface area contributed by atoms with E-state index in [1.54, 1.807) is 31.1 Å². The number of likely N-dealkylation sites (tertiary alicyclic amines) is 1. The van der Waals surface area contributed by atoms with Crippen molar-refractivity contribution in [3.63, 3.8) is 0 Å². The molecule has 6 nitrogen and oxygen atoms in total. The van der Waals surface area contributed by atoms with Crippen LogP contribution in [0.1, 0.15) is 40.5 Å². The molecule has 1 fully saturated rings. The molecule has 1 atom stereocenters. The molecular formula is C23H24N2O4S. The summed E-state index contributed by atoms with van der Waals surface area (Å²) in [5.74, 6) is 2.21. The number of rotatable bonds is 7. The van der Waals surface area contributed by atoms with Gasteiger partial charge in [-0.15, -0.1) is 11.3 Å². The molecule has 1 amide bonds. The zero-order chi connectivity index (χ0) is 20.9. The number of aromatic nitrogens is 1. The lowest BCUT2D eigenvalue weighted by Gasteiger charge is -2.26. The Labute approximate surface area is 180 Å². The molecule has 1 aliphatic heterocycles. The maximum Gasteiger partial charge on any atom is 0.254 e. The molecule has 4 rings (SSSR count). The van der Waals surface area contributed by atoms with E-state index in [1.807, 2.05) is 52.7 Å². The van der Waals surface area contributed by atoms with Gasteiger partial charge in [-0.1, -0.05) is 0 Å². The Morgan fingerprint density at radius 1 is 1.13 bits per heavy atom. The molecule has 0 bridgehead atoms. The molecule has 7 heteroatoms. The molecule has 1 aliphatic rings. The van der Waals surface area contributed by atoms with E-state index in [0.29, 0.717) is 17.9 Å². The summed E-state index contributed by atoms with van der Waals surface area (Å²) < 4.78 is 16.6. The minimum absolute atomic E-state index is 0.0149.